The summed E-state index contributed by atoms with van der Waals surface area (Å²) in [4.78, 5) is 0. The summed E-state index contributed by atoms with van der Waals surface area (Å²) >= 11 is 0. The van der Waals surface area contributed by atoms with Crippen molar-refractivity contribution in [1.29, 1.82) is 0 Å². The quantitative estimate of drug-likeness (QED) is 0.267. The molecule has 3 aromatic carbocycles. The highest BCUT2D eigenvalue weighted by Gasteiger charge is 2.17. The first-order valence-electron chi connectivity index (χ1n) is 11.7. The zero-order valence-corrected chi connectivity index (χ0v) is 21.2. The summed E-state index contributed by atoms with van der Waals surface area (Å²) in [6, 6.07) is 21.5. The fourth-order valence-electron chi connectivity index (χ4n) is 4.04. The van der Waals surface area contributed by atoms with Gasteiger partial charge in [0.15, 0.2) is 0 Å². The molecule has 1 aromatic heterocycles. The maximum Gasteiger partial charge on any atom is 0.149 e. The van der Waals surface area contributed by atoms with E-state index in [0.717, 1.165) is 45.2 Å². The molecule has 4 rings (SSSR count). The highest BCUT2D eigenvalue weighted by molar-refractivity contribution is 5.86. The molecule has 0 N–H and O–H groups in total. The van der Waals surface area contributed by atoms with E-state index in [0.29, 0.717) is 26.4 Å². The fraction of sp³-hybridized carbons (Fsp3) is 0.267. The smallest absolute Gasteiger partial charge is 0.149 e. The third kappa shape index (κ3) is 5.94. The average Bonchev–Trinajstić information content (AvgIpc) is 3.19. The van der Waals surface area contributed by atoms with Crippen LogP contribution in [0.2, 0.25) is 0 Å². The second-order valence-corrected chi connectivity index (χ2v) is 8.25. The van der Waals surface area contributed by atoms with E-state index >= 15 is 0 Å². The van der Waals surface area contributed by atoms with Gasteiger partial charge < -0.3 is 28.3 Å². The lowest BCUT2D eigenvalue weighted by Crippen LogP contribution is -2.08. The standard InChI is InChI=1S/C30H31NO5/c1-22-7-16-29-27(19-22)28(20-32-2)30(21-36-26-14-10-24(34-4)11-15-26)31(29)17-5-6-18-35-25-12-8-23(33-3)9-13-25/h7-16,19H,17-18,20-21H2,1-4H3. The molecule has 0 spiro atoms. The second kappa shape index (κ2) is 12.1. The van der Waals surface area contributed by atoms with Crippen molar-refractivity contribution in [2.75, 3.05) is 27.9 Å². The van der Waals surface area contributed by atoms with Crippen LogP contribution in [-0.2, 0) is 24.5 Å². The predicted octanol–water partition coefficient (Wildman–Crippen LogP) is 5.77. The molecule has 0 bridgehead atoms. The second-order valence-electron chi connectivity index (χ2n) is 8.25. The van der Waals surface area contributed by atoms with E-state index in [1.54, 1.807) is 21.3 Å². The Balaban J connectivity index is 1.56. The molecular weight excluding hydrogens is 454 g/mol. The highest BCUT2D eigenvalue weighted by Crippen LogP contribution is 2.29. The first kappa shape index (κ1) is 25.0. The number of rotatable bonds is 10. The van der Waals surface area contributed by atoms with E-state index in [4.69, 9.17) is 23.7 Å². The van der Waals surface area contributed by atoms with E-state index < -0.39 is 0 Å². The van der Waals surface area contributed by atoms with Gasteiger partial charge in [-0.1, -0.05) is 23.5 Å². The summed E-state index contributed by atoms with van der Waals surface area (Å²) in [6.45, 7) is 3.78. The van der Waals surface area contributed by atoms with Gasteiger partial charge in [0.25, 0.3) is 0 Å². The molecule has 0 fully saturated rings. The van der Waals surface area contributed by atoms with Crippen molar-refractivity contribution >= 4 is 10.9 Å². The number of aromatic nitrogens is 1. The SMILES string of the molecule is COCc1c(COc2ccc(OC)cc2)n(CC#CCOc2ccc(OC)cc2)c2ccc(C)cc12. The third-order valence-electron chi connectivity index (χ3n) is 5.90. The summed E-state index contributed by atoms with van der Waals surface area (Å²) in [5.74, 6) is 9.50. The Morgan fingerprint density at radius 2 is 1.31 bits per heavy atom. The normalized spacial score (nSPS) is 10.6. The molecule has 1 heterocycles. The number of hydrogen-bond acceptors (Lipinski definition) is 5. The molecule has 186 valence electrons. The van der Waals surface area contributed by atoms with Gasteiger partial charge in [0.05, 0.1) is 33.1 Å². The first-order valence-corrected chi connectivity index (χ1v) is 11.7. The molecule has 0 aliphatic rings. The minimum Gasteiger partial charge on any atom is -0.497 e. The number of fused-ring (bicyclic) bond motifs is 1. The average molecular weight is 486 g/mol. The number of aryl methyl sites for hydroxylation is 1. The maximum atomic E-state index is 6.17. The topological polar surface area (TPSA) is 51.1 Å². The summed E-state index contributed by atoms with van der Waals surface area (Å²) < 4.78 is 30.1. The van der Waals surface area contributed by atoms with Gasteiger partial charge in [-0.3, -0.25) is 0 Å². The summed E-state index contributed by atoms with van der Waals surface area (Å²) in [7, 11) is 5.00. The highest BCUT2D eigenvalue weighted by atomic mass is 16.5. The van der Waals surface area contributed by atoms with Gasteiger partial charge >= 0.3 is 0 Å². The van der Waals surface area contributed by atoms with Gasteiger partial charge in [0.2, 0.25) is 0 Å². The van der Waals surface area contributed by atoms with Crippen LogP contribution in [0.3, 0.4) is 0 Å². The van der Waals surface area contributed by atoms with Crippen LogP contribution in [0.15, 0.2) is 66.7 Å². The first-order chi connectivity index (χ1) is 17.6. The van der Waals surface area contributed by atoms with E-state index in [2.05, 4.69) is 41.5 Å². The van der Waals surface area contributed by atoms with Crippen LogP contribution >= 0.6 is 0 Å². The number of methoxy groups -OCH3 is 3. The van der Waals surface area contributed by atoms with Crippen LogP contribution in [0.25, 0.3) is 10.9 Å². The van der Waals surface area contributed by atoms with Crippen molar-refractivity contribution in [1.82, 2.24) is 4.57 Å². The molecule has 6 heteroatoms. The molecule has 0 atom stereocenters. The van der Waals surface area contributed by atoms with E-state index in [1.807, 2.05) is 48.5 Å². The monoisotopic (exact) mass is 485 g/mol. The van der Waals surface area contributed by atoms with Crippen LogP contribution < -0.4 is 18.9 Å². The van der Waals surface area contributed by atoms with E-state index in [9.17, 15) is 0 Å². The fourth-order valence-corrected chi connectivity index (χ4v) is 4.04. The summed E-state index contributed by atoms with van der Waals surface area (Å²) in [6.07, 6.45) is 0. The van der Waals surface area contributed by atoms with Crippen molar-refractivity contribution in [3.05, 3.63) is 83.6 Å². The van der Waals surface area contributed by atoms with Gasteiger partial charge in [0.1, 0.15) is 36.2 Å². The Bertz CT molecular complexity index is 1340. The van der Waals surface area contributed by atoms with Gasteiger partial charge in [-0.05, 0) is 67.6 Å². The van der Waals surface area contributed by atoms with E-state index in [1.165, 1.54) is 5.56 Å². The molecule has 0 aliphatic carbocycles. The number of hydrogen-bond donors (Lipinski definition) is 0. The van der Waals surface area contributed by atoms with Gasteiger partial charge in [-0.15, -0.1) is 0 Å². The number of nitrogens with zero attached hydrogens (tertiary/aromatic N) is 1. The zero-order chi connectivity index (χ0) is 25.3. The molecule has 6 nitrogen and oxygen atoms in total. The Kier molecular flexibility index (Phi) is 8.38. The zero-order valence-electron chi connectivity index (χ0n) is 21.2. The lowest BCUT2D eigenvalue weighted by Gasteiger charge is -2.12. The van der Waals surface area contributed by atoms with Crippen LogP contribution in [0, 0.1) is 18.8 Å². The number of benzene rings is 3. The molecule has 0 aliphatic heterocycles. The van der Waals surface area contributed by atoms with E-state index in [-0.39, 0.29) is 0 Å². The molecular formula is C30H31NO5. The van der Waals surface area contributed by atoms with Gasteiger partial charge in [-0.2, -0.15) is 0 Å². The molecule has 0 saturated carbocycles. The van der Waals surface area contributed by atoms with Crippen molar-refractivity contribution in [3.8, 4) is 34.8 Å². The van der Waals surface area contributed by atoms with Crippen molar-refractivity contribution in [3.63, 3.8) is 0 Å². The van der Waals surface area contributed by atoms with Crippen LogP contribution in [-0.4, -0.2) is 32.5 Å². The third-order valence-corrected chi connectivity index (χ3v) is 5.90. The van der Waals surface area contributed by atoms with Crippen LogP contribution in [0.5, 0.6) is 23.0 Å². The lowest BCUT2D eigenvalue weighted by atomic mass is 10.1. The molecule has 36 heavy (non-hydrogen) atoms. The minimum absolute atomic E-state index is 0.299. The lowest BCUT2D eigenvalue weighted by molar-refractivity contribution is 0.182. The molecule has 0 unspecified atom stereocenters. The Morgan fingerprint density at radius 1 is 0.694 bits per heavy atom. The Labute approximate surface area is 212 Å². The van der Waals surface area contributed by atoms with Gasteiger partial charge in [-0.25, -0.2) is 0 Å². The largest absolute Gasteiger partial charge is 0.497 e. The van der Waals surface area contributed by atoms with Crippen molar-refractivity contribution < 1.29 is 23.7 Å². The summed E-state index contributed by atoms with van der Waals surface area (Å²) in [5, 5.41) is 1.15. The maximum absolute atomic E-state index is 6.17. The van der Waals surface area contributed by atoms with Gasteiger partial charge in [0, 0.05) is 23.6 Å². The Hall–Kier alpha value is -4.08. The molecule has 0 radical (unpaired) electrons. The molecule has 0 saturated heterocycles. The van der Waals surface area contributed by atoms with Crippen LogP contribution in [0.1, 0.15) is 16.8 Å². The number of ether oxygens (including phenoxy) is 5. The predicted molar refractivity (Wildman–Crippen MR) is 141 cm³/mol. The van der Waals surface area contributed by atoms with Crippen molar-refractivity contribution in [2.24, 2.45) is 0 Å². The summed E-state index contributed by atoms with van der Waals surface area (Å²) in [5.41, 5.74) is 4.45. The minimum atomic E-state index is 0.299. The molecule has 0 amide bonds. The Morgan fingerprint density at radius 3 is 1.92 bits per heavy atom. The molecule has 4 aromatic rings. The van der Waals surface area contributed by atoms with Crippen LogP contribution in [0.4, 0.5) is 0 Å². The van der Waals surface area contributed by atoms with Crippen molar-refractivity contribution in [2.45, 2.75) is 26.7 Å².